The molecule has 0 aliphatic carbocycles. The Labute approximate surface area is 401 Å². The number of benzene rings is 6. The number of para-hydroxylation sites is 1. The van der Waals surface area contributed by atoms with E-state index in [-0.39, 0.29) is 49.1 Å². The summed E-state index contributed by atoms with van der Waals surface area (Å²) in [4.78, 5) is 10.3. The minimum Gasteiger partial charge on any atom is -0.507 e. The van der Waals surface area contributed by atoms with Crippen molar-refractivity contribution in [3.63, 3.8) is 0 Å². The van der Waals surface area contributed by atoms with E-state index in [0.29, 0.717) is 33.7 Å². The predicted molar refractivity (Wildman–Crippen MR) is 266 cm³/mol. The molecule has 0 spiro atoms. The molecule has 5 heteroatoms. The monoisotopic (exact) mass is 1030 g/mol. The van der Waals surface area contributed by atoms with Gasteiger partial charge in [-0.2, -0.15) is 0 Å². The molecule has 8 rings (SSSR count). The van der Waals surface area contributed by atoms with Gasteiger partial charge in [0.15, 0.2) is 0 Å². The van der Waals surface area contributed by atoms with E-state index in [2.05, 4.69) is 116 Å². The number of fused-ring (bicyclic) bond motifs is 1. The van der Waals surface area contributed by atoms with Gasteiger partial charge in [-0.05, 0) is 129 Å². The van der Waals surface area contributed by atoms with Gasteiger partial charge in [0.2, 0.25) is 0 Å². The van der Waals surface area contributed by atoms with Crippen molar-refractivity contribution in [1.29, 1.82) is 0 Å². The van der Waals surface area contributed by atoms with Crippen molar-refractivity contribution in [2.75, 3.05) is 0 Å². The van der Waals surface area contributed by atoms with Crippen LogP contribution in [0.3, 0.4) is 0 Å². The van der Waals surface area contributed by atoms with Crippen LogP contribution in [0, 0.1) is 26.8 Å². The maximum atomic E-state index is 11.8. The van der Waals surface area contributed by atoms with Crippen LogP contribution < -0.4 is 0 Å². The van der Waals surface area contributed by atoms with Crippen molar-refractivity contribution in [3.05, 3.63) is 166 Å². The van der Waals surface area contributed by atoms with Gasteiger partial charge < -0.3 is 5.11 Å². The zero-order valence-corrected chi connectivity index (χ0v) is 41.5. The van der Waals surface area contributed by atoms with Gasteiger partial charge in [0.1, 0.15) is 11.6 Å². The van der Waals surface area contributed by atoms with E-state index in [4.69, 9.17) is 15.5 Å². The molecule has 2 heterocycles. The Kier molecular flexibility index (Phi) is 11.4. The van der Waals surface area contributed by atoms with Gasteiger partial charge in [-0.3, -0.25) is 9.55 Å². The summed E-state index contributed by atoms with van der Waals surface area (Å²) in [6.07, 6.45) is 1.86. The van der Waals surface area contributed by atoms with Crippen LogP contribution in [0.1, 0.15) is 125 Å². The largest absolute Gasteiger partial charge is 0.507 e. The minimum absolute atomic E-state index is 0. The quantitative estimate of drug-likeness (QED) is 0.154. The van der Waals surface area contributed by atoms with E-state index in [1.54, 1.807) is 6.07 Å². The van der Waals surface area contributed by atoms with Crippen molar-refractivity contribution in [1.82, 2.24) is 14.5 Å². The number of aryl methyl sites for hydroxylation is 3. The number of hydrogen-bond donors (Lipinski definition) is 1. The number of imidazole rings is 1. The second-order valence-electron chi connectivity index (χ2n) is 19.9. The van der Waals surface area contributed by atoms with E-state index in [0.717, 1.165) is 66.9 Å². The molecule has 0 bridgehead atoms. The summed E-state index contributed by atoms with van der Waals surface area (Å²) in [6, 6.07) is 42.6. The average molecular weight is 1030 g/mol. The van der Waals surface area contributed by atoms with Crippen LogP contribution in [-0.2, 0) is 31.9 Å². The third kappa shape index (κ3) is 9.18. The number of pyridine rings is 1. The van der Waals surface area contributed by atoms with Crippen molar-refractivity contribution in [2.24, 2.45) is 0 Å². The standard InChI is InChI=1S/C59H62N3O.Pt/c1-35(2)43-28-44(36(3)4)30-45(29-43)41-19-22-53(38(6)27-41)62-54-16-14-15-50(55(54)61-57(62)51-26-37(5)25-39(7)56(51)63)46-31-47(33-49(32-46)59(11,12)13)52-34-42(23-24-60-52)40-17-20-48(21-18-40)58(8,9)10;/h14-30,32-36,63H,1-13H3;/q-1;/i6D3,35D;. The van der Waals surface area contributed by atoms with Crippen LogP contribution in [0.2, 0.25) is 0 Å². The number of aromatic nitrogens is 3. The van der Waals surface area contributed by atoms with Crippen molar-refractivity contribution in [3.8, 4) is 67.5 Å². The number of phenols is 1. The molecule has 0 aliphatic heterocycles. The van der Waals surface area contributed by atoms with Crippen LogP contribution in [-0.4, -0.2) is 19.6 Å². The molecular weight excluding hydrogens is 962 g/mol. The molecule has 0 fully saturated rings. The molecule has 8 aromatic rings. The van der Waals surface area contributed by atoms with Crippen LogP contribution in [0.25, 0.3) is 72.7 Å². The fraction of sp³-hybridized carbons (Fsp3) is 0.288. The molecule has 6 aromatic carbocycles. The molecule has 330 valence electrons. The third-order valence-corrected chi connectivity index (χ3v) is 12.3. The minimum atomic E-state index is -2.53. The zero-order chi connectivity index (χ0) is 48.5. The molecule has 64 heavy (non-hydrogen) atoms. The van der Waals surface area contributed by atoms with Crippen molar-refractivity contribution in [2.45, 2.75) is 113 Å². The number of phenolic OH excluding ortho intramolecular Hbond substituents is 1. The van der Waals surface area contributed by atoms with Gasteiger partial charge in [-0.1, -0.05) is 153 Å². The van der Waals surface area contributed by atoms with E-state index in [1.165, 1.54) is 5.56 Å². The molecule has 0 unspecified atom stereocenters. The second-order valence-corrected chi connectivity index (χ2v) is 19.9. The first kappa shape index (κ1) is 41.2. The first-order valence-electron chi connectivity index (χ1n) is 24.1. The molecule has 0 aliphatic rings. The Morgan fingerprint density at radius 3 is 2.00 bits per heavy atom. The average Bonchev–Trinajstić information content (AvgIpc) is 3.65. The normalized spacial score (nSPS) is 13.3. The topological polar surface area (TPSA) is 50.9 Å². The van der Waals surface area contributed by atoms with Crippen LogP contribution in [0.15, 0.2) is 121 Å². The summed E-state index contributed by atoms with van der Waals surface area (Å²) in [6.45, 7) is 22.5. The summed E-state index contributed by atoms with van der Waals surface area (Å²) in [7, 11) is 0. The fourth-order valence-corrected chi connectivity index (χ4v) is 8.43. The van der Waals surface area contributed by atoms with E-state index in [9.17, 15) is 5.11 Å². The Morgan fingerprint density at radius 2 is 1.33 bits per heavy atom. The number of nitrogens with zero attached hydrogens (tertiary/aromatic N) is 3. The van der Waals surface area contributed by atoms with E-state index < -0.39 is 12.7 Å². The number of aromatic hydroxyl groups is 1. The molecule has 0 saturated heterocycles. The van der Waals surface area contributed by atoms with E-state index >= 15 is 0 Å². The third-order valence-electron chi connectivity index (χ3n) is 12.3. The summed E-state index contributed by atoms with van der Waals surface area (Å²) in [5.41, 5.74) is 15.2. The predicted octanol–water partition coefficient (Wildman–Crippen LogP) is 16.0. The molecule has 4 nitrogen and oxygen atoms in total. The first-order chi connectivity index (χ1) is 31.3. The van der Waals surface area contributed by atoms with E-state index in [1.807, 2.05) is 93.1 Å². The van der Waals surface area contributed by atoms with Crippen LogP contribution in [0.4, 0.5) is 0 Å². The Balaban J connectivity index is 0.00000684. The summed E-state index contributed by atoms with van der Waals surface area (Å²) in [5.74, 6) is -0.150. The molecule has 0 saturated carbocycles. The van der Waals surface area contributed by atoms with Gasteiger partial charge in [0.25, 0.3) is 0 Å². The fourth-order valence-electron chi connectivity index (χ4n) is 8.43. The molecule has 0 amide bonds. The molecule has 0 atom stereocenters. The maximum Gasteiger partial charge on any atom is 0.148 e. The first-order valence-corrected chi connectivity index (χ1v) is 22.1. The Hall–Kier alpha value is -5.57. The summed E-state index contributed by atoms with van der Waals surface area (Å²) < 4.78 is 37.8. The van der Waals surface area contributed by atoms with Gasteiger partial charge in [-0.15, -0.1) is 29.3 Å². The molecular formula is C59H62N3OPt-. The Morgan fingerprint density at radius 1 is 0.656 bits per heavy atom. The van der Waals surface area contributed by atoms with Crippen LogP contribution in [0.5, 0.6) is 5.75 Å². The van der Waals surface area contributed by atoms with Gasteiger partial charge >= 0.3 is 0 Å². The molecule has 1 N–H and O–H groups in total. The van der Waals surface area contributed by atoms with Gasteiger partial charge in [0.05, 0.1) is 22.3 Å². The second kappa shape index (κ2) is 17.8. The van der Waals surface area contributed by atoms with Gasteiger partial charge in [0, 0.05) is 38.4 Å². The molecule has 0 radical (unpaired) electrons. The molecule has 2 aromatic heterocycles. The zero-order valence-electron chi connectivity index (χ0n) is 43.2. The van der Waals surface area contributed by atoms with Crippen LogP contribution >= 0.6 is 0 Å². The summed E-state index contributed by atoms with van der Waals surface area (Å²) >= 11 is 0. The van der Waals surface area contributed by atoms with Gasteiger partial charge in [-0.25, -0.2) is 4.98 Å². The number of hydrogen-bond acceptors (Lipinski definition) is 3. The Bertz CT molecular complexity index is 3180. The maximum absolute atomic E-state index is 11.8. The SMILES string of the molecule is [2H]C([2H])([2H])c1cc(-c2cc(C(C)C)cc(C([2H])(C)C)c2)ccc1-n1c(-c2cc(C)cc(C)c2O)nc2c(-c3[c-]c(-c4cc(-c5ccc(C(C)(C)C)cc5)ccn4)cc(C(C)(C)C)c3)cccc21.[Pt]. The summed E-state index contributed by atoms with van der Waals surface area (Å²) in [5, 5.41) is 11.8. The van der Waals surface area contributed by atoms with Crippen molar-refractivity contribution < 1.29 is 31.7 Å². The smallest absolute Gasteiger partial charge is 0.148 e. The van der Waals surface area contributed by atoms with Crippen molar-refractivity contribution >= 4 is 11.0 Å². The number of rotatable bonds is 8.